The quantitative estimate of drug-likeness (QED) is 0.272. The molecule has 0 bridgehead atoms. The molecule has 0 amide bonds. The van der Waals surface area contributed by atoms with Crippen LogP contribution in [0, 0.1) is 18.3 Å². The molecule has 2 aromatic carbocycles. The van der Waals surface area contributed by atoms with Crippen LogP contribution in [-0.2, 0) is 11.3 Å². The van der Waals surface area contributed by atoms with E-state index >= 15 is 0 Å². The molecule has 0 N–H and O–H groups in total. The highest BCUT2D eigenvalue weighted by molar-refractivity contribution is 5.64. The molecule has 1 nitrogen and oxygen atoms in total. The third-order valence-corrected chi connectivity index (χ3v) is 5.78. The Morgan fingerprint density at radius 1 is 0.964 bits per heavy atom. The zero-order valence-corrected chi connectivity index (χ0v) is 17.1. The zero-order valence-electron chi connectivity index (χ0n) is 17.1. The number of hydrogen-bond donors (Lipinski definition) is 0. The van der Waals surface area contributed by atoms with Gasteiger partial charge in [0.05, 0.1) is 6.61 Å². The molecule has 146 valence electrons. The van der Waals surface area contributed by atoms with E-state index in [1.165, 1.54) is 47.9 Å². The molecule has 1 fully saturated rings. The molecule has 0 atom stereocenters. The van der Waals surface area contributed by atoms with Gasteiger partial charge in [0, 0.05) is 13.0 Å². The van der Waals surface area contributed by atoms with Gasteiger partial charge in [0.2, 0.25) is 0 Å². The fraction of sp³-hybridized carbons (Fsp3) is 0.407. The van der Waals surface area contributed by atoms with Crippen molar-refractivity contribution in [3.8, 4) is 23.5 Å². The molecule has 0 saturated heterocycles. The Bertz CT molecular complexity index is 769. The summed E-state index contributed by atoms with van der Waals surface area (Å²) in [6.07, 6.45) is 16.8. The van der Waals surface area contributed by atoms with Crippen LogP contribution in [0.25, 0.3) is 11.1 Å². The number of rotatable bonds is 8. The Morgan fingerprint density at radius 3 is 2.21 bits per heavy atom. The molecule has 3 rings (SSSR count). The van der Waals surface area contributed by atoms with Crippen LogP contribution >= 0.6 is 0 Å². The largest absolute Gasteiger partial charge is 0.377 e. The van der Waals surface area contributed by atoms with Crippen molar-refractivity contribution in [1.29, 1.82) is 0 Å². The van der Waals surface area contributed by atoms with E-state index in [1.807, 2.05) is 0 Å². The van der Waals surface area contributed by atoms with Gasteiger partial charge in [0.25, 0.3) is 0 Å². The van der Waals surface area contributed by atoms with E-state index in [-0.39, 0.29) is 0 Å². The molecule has 0 unspecified atom stereocenters. The lowest BCUT2D eigenvalue weighted by atomic mass is 9.78. The summed E-state index contributed by atoms with van der Waals surface area (Å²) in [7, 11) is 0. The van der Waals surface area contributed by atoms with Gasteiger partial charge in [-0.05, 0) is 73.1 Å². The maximum absolute atomic E-state index is 5.67. The molecule has 1 aliphatic rings. The molecular formula is C27H32O. The molecule has 0 heterocycles. The van der Waals surface area contributed by atoms with Crippen molar-refractivity contribution in [3.05, 3.63) is 71.8 Å². The normalized spacial score (nSPS) is 19.6. The van der Waals surface area contributed by atoms with Crippen molar-refractivity contribution in [3.63, 3.8) is 0 Å². The second kappa shape index (κ2) is 10.9. The van der Waals surface area contributed by atoms with E-state index in [4.69, 9.17) is 11.2 Å². The summed E-state index contributed by atoms with van der Waals surface area (Å²) in [5.41, 5.74) is 5.26. The minimum atomic E-state index is 0.652. The van der Waals surface area contributed by atoms with Crippen LogP contribution in [0.3, 0.4) is 0 Å². The number of unbranched alkanes of at least 4 members (excludes halogenated alkanes) is 1. The third kappa shape index (κ3) is 5.85. The smallest absolute Gasteiger partial charge is 0.0716 e. The van der Waals surface area contributed by atoms with Crippen molar-refractivity contribution < 1.29 is 4.74 Å². The van der Waals surface area contributed by atoms with Gasteiger partial charge in [-0.2, -0.15) is 0 Å². The Labute approximate surface area is 170 Å². The first-order valence-corrected chi connectivity index (χ1v) is 10.6. The maximum Gasteiger partial charge on any atom is 0.0716 e. The van der Waals surface area contributed by atoms with E-state index in [1.54, 1.807) is 0 Å². The lowest BCUT2D eigenvalue weighted by Crippen LogP contribution is -2.11. The summed E-state index contributed by atoms with van der Waals surface area (Å²) in [5, 5.41) is 0. The average molecular weight is 373 g/mol. The monoisotopic (exact) mass is 372 g/mol. The van der Waals surface area contributed by atoms with Crippen LogP contribution in [0.15, 0.2) is 60.7 Å². The Balaban J connectivity index is 1.53. The average Bonchev–Trinajstić information content (AvgIpc) is 2.75. The van der Waals surface area contributed by atoms with Gasteiger partial charge >= 0.3 is 0 Å². The number of benzene rings is 2. The summed E-state index contributed by atoms with van der Waals surface area (Å²) in [4.78, 5) is 0. The van der Waals surface area contributed by atoms with Crippen LogP contribution < -0.4 is 0 Å². The van der Waals surface area contributed by atoms with E-state index < -0.39 is 0 Å². The van der Waals surface area contributed by atoms with Gasteiger partial charge in [-0.3, -0.25) is 0 Å². The first kappa shape index (κ1) is 20.4. The van der Waals surface area contributed by atoms with Gasteiger partial charge in [-0.15, -0.1) is 12.3 Å². The lowest BCUT2D eigenvalue weighted by molar-refractivity contribution is 0.119. The summed E-state index contributed by atoms with van der Waals surface area (Å²) >= 11 is 0. The molecule has 28 heavy (non-hydrogen) atoms. The van der Waals surface area contributed by atoms with Gasteiger partial charge in [0.1, 0.15) is 0 Å². The first-order chi connectivity index (χ1) is 13.8. The lowest BCUT2D eigenvalue weighted by Gasteiger charge is -2.27. The molecular weight excluding hydrogens is 340 g/mol. The summed E-state index contributed by atoms with van der Waals surface area (Å²) < 4.78 is 5.67. The van der Waals surface area contributed by atoms with Crippen LogP contribution in [0.2, 0.25) is 0 Å². The molecule has 1 heteroatoms. The summed E-state index contributed by atoms with van der Waals surface area (Å²) in [5.74, 6) is 4.16. The highest BCUT2D eigenvalue weighted by Crippen LogP contribution is 2.36. The molecule has 2 aromatic rings. The van der Waals surface area contributed by atoms with Crippen molar-refractivity contribution >= 4 is 0 Å². The Kier molecular flexibility index (Phi) is 7.94. The van der Waals surface area contributed by atoms with Crippen molar-refractivity contribution in [2.24, 2.45) is 5.92 Å². The van der Waals surface area contributed by atoms with E-state index in [9.17, 15) is 0 Å². The van der Waals surface area contributed by atoms with Gasteiger partial charge in [0.15, 0.2) is 0 Å². The summed E-state index contributed by atoms with van der Waals surface area (Å²) in [6.45, 7) is 3.51. The van der Waals surface area contributed by atoms with E-state index in [0.717, 1.165) is 31.3 Å². The highest BCUT2D eigenvalue weighted by Gasteiger charge is 2.20. The Morgan fingerprint density at radius 2 is 1.61 bits per heavy atom. The number of terminal acetylenes is 1. The second-order valence-corrected chi connectivity index (χ2v) is 7.82. The topological polar surface area (TPSA) is 9.23 Å². The van der Waals surface area contributed by atoms with Crippen LogP contribution in [0.1, 0.15) is 62.5 Å². The van der Waals surface area contributed by atoms with Crippen LogP contribution in [-0.4, -0.2) is 6.61 Å². The zero-order chi connectivity index (χ0) is 19.6. The minimum absolute atomic E-state index is 0.652. The van der Waals surface area contributed by atoms with Gasteiger partial charge < -0.3 is 4.74 Å². The van der Waals surface area contributed by atoms with Crippen LogP contribution in [0.4, 0.5) is 0 Å². The molecule has 0 aliphatic heterocycles. The predicted molar refractivity (Wildman–Crippen MR) is 119 cm³/mol. The minimum Gasteiger partial charge on any atom is -0.377 e. The van der Waals surface area contributed by atoms with Crippen molar-refractivity contribution in [1.82, 2.24) is 0 Å². The Hall–Kier alpha value is -2.30. The molecule has 0 radical (unpaired) electrons. The van der Waals surface area contributed by atoms with Crippen molar-refractivity contribution in [2.45, 2.75) is 58.0 Å². The fourth-order valence-corrected chi connectivity index (χ4v) is 4.12. The number of hydrogen-bond acceptors (Lipinski definition) is 1. The standard InChI is InChI=1S/C27H32O/c1-3-5-6-20-28-21-23-10-14-25(15-11-23)27-18-16-26(17-19-27)24-12-8-22(7-4-2)9-13-24/h1,4,7,10-11,14-19,22,24H,5-6,8-9,12-13,20-21H2,2H3. The maximum atomic E-state index is 5.67. The van der Waals surface area contributed by atoms with Gasteiger partial charge in [-0.25, -0.2) is 0 Å². The molecule has 1 aliphatic carbocycles. The molecule has 0 aromatic heterocycles. The number of allylic oxidation sites excluding steroid dienone is 2. The first-order valence-electron chi connectivity index (χ1n) is 10.6. The fourth-order valence-electron chi connectivity index (χ4n) is 4.12. The van der Waals surface area contributed by atoms with Crippen molar-refractivity contribution in [2.75, 3.05) is 6.61 Å². The van der Waals surface area contributed by atoms with E-state index in [0.29, 0.717) is 6.61 Å². The van der Waals surface area contributed by atoms with Gasteiger partial charge in [-0.1, -0.05) is 60.7 Å². The predicted octanol–water partition coefficient (Wildman–Crippen LogP) is 7.13. The second-order valence-electron chi connectivity index (χ2n) is 7.82. The third-order valence-electron chi connectivity index (χ3n) is 5.78. The SMILES string of the molecule is C#CCCCOCc1ccc(-c2ccc(C3CCC(C=CC)CC3)cc2)cc1. The molecule has 1 saturated carbocycles. The molecule has 0 spiro atoms. The van der Waals surface area contributed by atoms with Crippen LogP contribution in [0.5, 0.6) is 0 Å². The number of ether oxygens (including phenoxy) is 1. The van der Waals surface area contributed by atoms with E-state index in [2.05, 4.69) is 73.5 Å². The highest BCUT2D eigenvalue weighted by atomic mass is 16.5. The summed E-state index contributed by atoms with van der Waals surface area (Å²) in [6, 6.07) is 17.9.